The fraction of sp³-hybridized carbons (Fsp3) is 0.385. The summed E-state index contributed by atoms with van der Waals surface area (Å²) < 4.78 is 5.28. The van der Waals surface area contributed by atoms with Gasteiger partial charge in [-0.25, -0.2) is 4.79 Å². The number of fused-ring (bicyclic) bond motifs is 1. The minimum Gasteiger partial charge on any atom is -0.356 e. The molecule has 8 nitrogen and oxygen atoms in total. The molecule has 3 rings (SSSR count). The van der Waals surface area contributed by atoms with Crippen molar-refractivity contribution in [3.63, 3.8) is 0 Å². The maximum Gasteiger partial charge on any atom is 0.329 e. The van der Waals surface area contributed by atoms with Gasteiger partial charge in [0, 0.05) is 12.1 Å². The SMILES string of the molecule is CC1OC[C@@H]2C(=O)N(Cc3ccc([N+](=O)[O-])cc3)C(=O)N12. The van der Waals surface area contributed by atoms with E-state index in [2.05, 4.69) is 0 Å². The first kappa shape index (κ1) is 13.5. The van der Waals surface area contributed by atoms with E-state index >= 15 is 0 Å². The minimum absolute atomic E-state index is 0.0273. The second-order valence-electron chi connectivity index (χ2n) is 4.99. The van der Waals surface area contributed by atoms with Crippen molar-refractivity contribution in [3.8, 4) is 0 Å². The van der Waals surface area contributed by atoms with Crippen molar-refractivity contribution in [2.75, 3.05) is 6.61 Å². The van der Waals surface area contributed by atoms with Gasteiger partial charge in [-0.15, -0.1) is 0 Å². The summed E-state index contributed by atoms with van der Waals surface area (Å²) in [5, 5.41) is 10.6. The van der Waals surface area contributed by atoms with Crippen molar-refractivity contribution in [1.29, 1.82) is 0 Å². The third kappa shape index (κ3) is 2.13. The number of amides is 3. The maximum absolute atomic E-state index is 12.2. The van der Waals surface area contributed by atoms with Crippen LogP contribution in [-0.4, -0.2) is 45.5 Å². The summed E-state index contributed by atoms with van der Waals surface area (Å²) in [6.45, 7) is 2.04. The number of ether oxygens (including phenoxy) is 1. The molecule has 2 fully saturated rings. The van der Waals surface area contributed by atoms with Crippen LogP contribution in [0.5, 0.6) is 0 Å². The van der Waals surface area contributed by atoms with Gasteiger partial charge in [0.15, 0.2) is 0 Å². The van der Waals surface area contributed by atoms with Gasteiger partial charge in [-0.05, 0) is 12.5 Å². The Bertz CT molecular complexity index is 615. The topological polar surface area (TPSA) is 93.0 Å². The van der Waals surface area contributed by atoms with Crippen molar-refractivity contribution >= 4 is 17.6 Å². The molecule has 1 aromatic rings. The summed E-state index contributed by atoms with van der Waals surface area (Å²) in [5.74, 6) is -0.289. The van der Waals surface area contributed by atoms with Crippen LogP contribution in [0.2, 0.25) is 0 Å². The fourth-order valence-electron chi connectivity index (χ4n) is 2.59. The summed E-state index contributed by atoms with van der Waals surface area (Å²) in [6, 6.07) is 4.86. The van der Waals surface area contributed by atoms with Crippen LogP contribution in [0, 0.1) is 10.1 Å². The van der Waals surface area contributed by atoms with Crippen LogP contribution in [0.3, 0.4) is 0 Å². The number of hydrogen-bond acceptors (Lipinski definition) is 5. The smallest absolute Gasteiger partial charge is 0.329 e. The van der Waals surface area contributed by atoms with Crippen molar-refractivity contribution in [3.05, 3.63) is 39.9 Å². The van der Waals surface area contributed by atoms with Crippen LogP contribution in [0.1, 0.15) is 12.5 Å². The van der Waals surface area contributed by atoms with Gasteiger partial charge in [0.05, 0.1) is 18.1 Å². The van der Waals surface area contributed by atoms with Crippen LogP contribution < -0.4 is 0 Å². The molecule has 2 aliphatic rings. The maximum atomic E-state index is 12.2. The van der Waals surface area contributed by atoms with E-state index < -0.39 is 17.2 Å². The average molecular weight is 291 g/mol. The van der Waals surface area contributed by atoms with E-state index in [0.717, 1.165) is 4.90 Å². The number of carbonyl (C=O) groups is 2. The summed E-state index contributed by atoms with van der Waals surface area (Å²) in [4.78, 5) is 37.1. The van der Waals surface area contributed by atoms with Gasteiger partial charge in [-0.1, -0.05) is 12.1 Å². The second kappa shape index (κ2) is 4.81. The number of carbonyl (C=O) groups excluding carboxylic acids is 2. The Morgan fingerprint density at radius 2 is 2.00 bits per heavy atom. The largest absolute Gasteiger partial charge is 0.356 e. The number of urea groups is 1. The first-order valence-corrected chi connectivity index (χ1v) is 6.47. The van der Waals surface area contributed by atoms with Crippen molar-refractivity contribution in [2.45, 2.75) is 25.7 Å². The van der Waals surface area contributed by atoms with Crippen LogP contribution >= 0.6 is 0 Å². The van der Waals surface area contributed by atoms with Crippen molar-refractivity contribution in [1.82, 2.24) is 9.80 Å². The molecule has 2 atom stereocenters. The van der Waals surface area contributed by atoms with Gasteiger partial charge in [0.25, 0.3) is 11.6 Å². The molecular weight excluding hydrogens is 278 g/mol. The predicted molar refractivity (Wildman–Crippen MR) is 70.1 cm³/mol. The molecular formula is C13H13N3O5. The molecule has 21 heavy (non-hydrogen) atoms. The van der Waals surface area contributed by atoms with E-state index in [1.807, 2.05) is 0 Å². The quantitative estimate of drug-likeness (QED) is 0.472. The number of non-ortho nitro benzene ring substituents is 1. The third-order valence-electron chi connectivity index (χ3n) is 3.71. The van der Waals surface area contributed by atoms with Gasteiger partial charge in [-0.3, -0.25) is 24.7 Å². The lowest BCUT2D eigenvalue weighted by Gasteiger charge is -2.19. The number of imide groups is 1. The lowest BCUT2D eigenvalue weighted by atomic mass is 10.2. The molecule has 0 aromatic heterocycles. The Hall–Kier alpha value is -2.48. The Balaban J connectivity index is 1.77. The van der Waals surface area contributed by atoms with Gasteiger partial charge in [0.1, 0.15) is 12.3 Å². The summed E-state index contributed by atoms with van der Waals surface area (Å²) in [7, 11) is 0. The average Bonchev–Trinajstić information content (AvgIpc) is 2.95. The summed E-state index contributed by atoms with van der Waals surface area (Å²) in [6.07, 6.45) is -0.409. The third-order valence-corrected chi connectivity index (χ3v) is 3.71. The highest BCUT2D eigenvalue weighted by Gasteiger charge is 2.51. The molecule has 2 heterocycles. The molecule has 2 aliphatic heterocycles. The highest BCUT2D eigenvalue weighted by molar-refractivity contribution is 6.04. The zero-order valence-corrected chi connectivity index (χ0v) is 11.3. The predicted octanol–water partition coefficient (Wildman–Crippen LogP) is 1.10. The Morgan fingerprint density at radius 3 is 2.57 bits per heavy atom. The Labute approximate surface area is 120 Å². The highest BCUT2D eigenvalue weighted by Crippen LogP contribution is 2.28. The van der Waals surface area contributed by atoms with Crippen LogP contribution in [0.4, 0.5) is 10.5 Å². The number of nitro benzene ring substituents is 1. The van der Waals surface area contributed by atoms with Crippen molar-refractivity contribution < 1.29 is 19.2 Å². The zero-order valence-electron chi connectivity index (χ0n) is 11.3. The first-order chi connectivity index (χ1) is 9.99. The number of rotatable bonds is 3. The molecule has 0 aliphatic carbocycles. The van der Waals surface area contributed by atoms with E-state index in [4.69, 9.17) is 4.74 Å². The lowest BCUT2D eigenvalue weighted by Crippen LogP contribution is -2.36. The van der Waals surface area contributed by atoms with Gasteiger partial charge in [-0.2, -0.15) is 0 Å². The zero-order chi connectivity index (χ0) is 15.1. The number of benzene rings is 1. The van der Waals surface area contributed by atoms with Gasteiger partial charge >= 0.3 is 6.03 Å². The molecule has 0 N–H and O–H groups in total. The molecule has 3 amide bonds. The summed E-state index contributed by atoms with van der Waals surface area (Å²) >= 11 is 0. The molecule has 0 bridgehead atoms. The molecule has 0 saturated carbocycles. The molecule has 1 aromatic carbocycles. The van der Waals surface area contributed by atoms with E-state index in [-0.39, 0.29) is 30.8 Å². The Morgan fingerprint density at radius 1 is 1.33 bits per heavy atom. The molecule has 2 saturated heterocycles. The summed E-state index contributed by atoms with van der Waals surface area (Å²) in [5.41, 5.74) is 0.637. The van der Waals surface area contributed by atoms with Crippen LogP contribution in [0.15, 0.2) is 24.3 Å². The van der Waals surface area contributed by atoms with E-state index in [9.17, 15) is 19.7 Å². The minimum atomic E-state index is -0.550. The molecule has 0 spiro atoms. The van der Waals surface area contributed by atoms with Gasteiger partial charge in [0.2, 0.25) is 0 Å². The fourth-order valence-corrected chi connectivity index (χ4v) is 2.59. The van der Waals surface area contributed by atoms with Crippen LogP contribution in [-0.2, 0) is 16.1 Å². The first-order valence-electron chi connectivity index (χ1n) is 6.47. The standard InChI is InChI=1S/C13H13N3O5/c1-8-15-11(7-21-8)12(17)14(13(15)18)6-9-2-4-10(5-3-9)16(19)20/h2-5,8,11H,6-7H2,1H3/t8?,11-/m1/s1. The van der Waals surface area contributed by atoms with E-state index in [0.29, 0.717) is 5.56 Å². The Kier molecular flexibility index (Phi) is 3.09. The molecule has 0 radical (unpaired) electrons. The number of hydrogen-bond donors (Lipinski definition) is 0. The second-order valence-corrected chi connectivity index (χ2v) is 4.99. The number of nitrogens with zero attached hydrogens (tertiary/aromatic N) is 3. The van der Waals surface area contributed by atoms with Gasteiger partial charge < -0.3 is 4.74 Å². The number of nitro groups is 1. The monoisotopic (exact) mass is 291 g/mol. The highest BCUT2D eigenvalue weighted by atomic mass is 16.6. The lowest BCUT2D eigenvalue weighted by molar-refractivity contribution is -0.384. The van der Waals surface area contributed by atoms with E-state index in [1.165, 1.54) is 17.0 Å². The molecule has 1 unspecified atom stereocenters. The molecule has 110 valence electrons. The van der Waals surface area contributed by atoms with E-state index in [1.54, 1.807) is 19.1 Å². The van der Waals surface area contributed by atoms with Crippen LogP contribution in [0.25, 0.3) is 0 Å². The normalized spacial score (nSPS) is 24.6. The molecule has 8 heteroatoms. The van der Waals surface area contributed by atoms with Crippen molar-refractivity contribution in [2.24, 2.45) is 0 Å².